The van der Waals surface area contributed by atoms with Gasteiger partial charge in [0.1, 0.15) is 17.4 Å². The Bertz CT molecular complexity index is 604. The summed E-state index contributed by atoms with van der Waals surface area (Å²) in [6.45, 7) is 0. The van der Waals surface area contributed by atoms with E-state index >= 15 is 0 Å². The second-order valence-corrected chi connectivity index (χ2v) is 3.39. The number of benzene rings is 1. The van der Waals surface area contributed by atoms with Gasteiger partial charge >= 0.3 is 5.69 Å². The molecule has 2 aromatic rings. The van der Waals surface area contributed by atoms with Gasteiger partial charge < -0.3 is 10.5 Å². The van der Waals surface area contributed by atoms with E-state index in [-0.39, 0.29) is 23.0 Å². The number of nitrogen functional groups attached to an aromatic ring is 1. The van der Waals surface area contributed by atoms with E-state index in [0.717, 1.165) is 18.2 Å². The Labute approximate surface area is 101 Å². The first-order valence-corrected chi connectivity index (χ1v) is 4.89. The van der Waals surface area contributed by atoms with E-state index in [9.17, 15) is 14.5 Å². The molecule has 7 heteroatoms. The first-order chi connectivity index (χ1) is 8.56. The molecule has 0 spiro atoms. The van der Waals surface area contributed by atoms with Crippen molar-refractivity contribution in [3.05, 3.63) is 52.5 Å². The van der Waals surface area contributed by atoms with Crippen molar-refractivity contribution in [2.24, 2.45) is 0 Å². The molecule has 92 valence electrons. The van der Waals surface area contributed by atoms with E-state index in [1.807, 2.05) is 0 Å². The van der Waals surface area contributed by atoms with Crippen LogP contribution in [0.2, 0.25) is 0 Å². The number of rotatable bonds is 3. The molecule has 18 heavy (non-hydrogen) atoms. The minimum atomic E-state index is -0.653. The van der Waals surface area contributed by atoms with Crippen LogP contribution in [0.15, 0.2) is 36.5 Å². The van der Waals surface area contributed by atoms with Crippen LogP contribution in [0.1, 0.15) is 0 Å². The summed E-state index contributed by atoms with van der Waals surface area (Å²) in [5, 5.41) is 10.8. The number of halogens is 1. The van der Waals surface area contributed by atoms with Crippen LogP contribution in [0.25, 0.3) is 0 Å². The number of ether oxygens (including phenoxy) is 1. The van der Waals surface area contributed by atoms with Crippen LogP contribution in [0.3, 0.4) is 0 Å². The highest BCUT2D eigenvalue weighted by Gasteiger charge is 2.16. The lowest BCUT2D eigenvalue weighted by Crippen LogP contribution is -1.95. The minimum absolute atomic E-state index is 0.189. The molecule has 2 N–H and O–H groups in total. The fourth-order valence-electron chi connectivity index (χ4n) is 1.34. The van der Waals surface area contributed by atoms with Crippen LogP contribution in [0.5, 0.6) is 11.5 Å². The van der Waals surface area contributed by atoms with Gasteiger partial charge in [-0.2, -0.15) is 0 Å². The lowest BCUT2D eigenvalue weighted by Gasteiger charge is -2.06. The molecule has 0 atom stereocenters. The normalized spacial score (nSPS) is 10.1. The van der Waals surface area contributed by atoms with Gasteiger partial charge in [-0.15, -0.1) is 0 Å². The molecule has 2 rings (SSSR count). The van der Waals surface area contributed by atoms with Crippen molar-refractivity contribution in [1.82, 2.24) is 4.98 Å². The van der Waals surface area contributed by atoms with Crippen molar-refractivity contribution in [1.29, 1.82) is 0 Å². The molecule has 0 aliphatic rings. The third-order valence-corrected chi connectivity index (χ3v) is 2.10. The third-order valence-electron chi connectivity index (χ3n) is 2.10. The summed E-state index contributed by atoms with van der Waals surface area (Å²) in [5.74, 6) is -0.369. The number of nitrogens with zero attached hydrogens (tertiary/aromatic N) is 2. The van der Waals surface area contributed by atoms with Gasteiger partial charge in [0.2, 0.25) is 5.75 Å². The maximum absolute atomic E-state index is 13.1. The van der Waals surface area contributed by atoms with E-state index in [2.05, 4.69) is 4.98 Å². The van der Waals surface area contributed by atoms with Crippen LogP contribution in [-0.4, -0.2) is 9.91 Å². The van der Waals surface area contributed by atoms with E-state index in [1.54, 1.807) is 0 Å². The average molecular weight is 249 g/mol. The number of nitrogens with two attached hydrogens (primary N) is 1. The Morgan fingerprint density at radius 3 is 2.78 bits per heavy atom. The molecule has 0 fully saturated rings. The molecular formula is C11H8FN3O3. The van der Waals surface area contributed by atoms with Crippen molar-refractivity contribution in [3.63, 3.8) is 0 Å². The van der Waals surface area contributed by atoms with Crippen molar-refractivity contribution < 1.29 is 14.1 Å². The van der Waals surface area contributed by atoms with Gasteiger partial charge in [0.25, 0.3) is 0 Å². The van der Waals surface area contributed by atoms with E-state index in [0.29, 0.717) is 0 Å². The zero-order valence-corrected chi connectivity index (χ0v) is 9.04. The van der Waals surface area contributed by atoms with E-state index in [4.69, 9.17) is 10.5 Å². The molecule has 6 nitrogen and oxygen atoms in total. The maximum atomic E-state index is 13.1. The highest BCUT2D eigenvalue weighted by atomic mass is 19.1. The van der Waals surface area contributed by atoms with Gasteiger partial charge in [-0.25, -0.2) is 9.37 Å². The lowest BCUT2D eigenvalue weighted by atomic mass is 10.3. The molecule has 0 radical (unpaired) electrons. The van der Waals surface area contributed by atoms with E-state index in [1.165, 1.54) is 18.3 Å². The largest absolute Gasteiger partial charge is 0.450 e. The van der Waals surface area contributed by atoms with Gasteiger partial charge in [0.15, 0.2) is 0 Å². The van der Waals surface area contributed by atoms with Crippen molar-refractivity contribution in [2.45, 2.75) is 0 Å². The quantitative estimate of drug-likeness (QED) is 0.666. The molecule has 0 amide bonds. The van der Waals surface area contributed by atoms with Crippen LogP contribution in [-0.2, 0) is 0 Å². The van der Waals surface area contributed by atoms with Crippen LogP contribution in [0.4, 0.5) is 15.9 Å². The number of nitro benzene ring substituents is 1. The number of hydrogen-bond acceptors (Lipinski definition) is 5. The van der Waals surface area contributed by atoms with Gasteiger partial charge in [-0.3, -0.25) is 10.1 Å². The lowest BCUT2D eigenvalue weighted by molar-refractivity contribution is -0.385. The third kappa shape index (κ3) is 2.51. The standard InChI is InChI=1S/C11H8FN3O3/c12-7-1-2-9(15(16)17)10(5-7)18-8-3-4-14-11(13)6-8/h1-6H,(H2,13,14). The molecule has 0 unspecified atom stereocenters. The van der Waals surface area contributed by atoms with E-state index < -0.39 is 10.7 Å². The summed E-state index contributed by atoms with van der Waals surface area (Å²) in [4.78, 5) is 13.8. The highest BCUT2D eigenvalue weighted by molar-refractivity contribution is 5.49. The molecule has 0 aliphatic carbocycles. The Balaban J connectivity index is 2.39. The topological polar surface area (TPSA) is 91.3 Å². The van der Waals surface area contributed by atoms with Gasteiger partial charge in [-0.05, 0) is 12.1 Å². The van der Waals surface area contributed by atoms with Gasteiger partial charge in [0, 0.05) is 24.4 Å². The second kappa shape index (κ2) is 4.66. The predicted octanol–water partition coefficient (Wildman–Crippen LogP) is 2.50. The van der Waals surface area contributed by atoms with Gasteiger partial charge in [-0.1, -0.05) is 0 Å². The van der Waals surface area contributed by atoms with Crippen LogP contribution >= 0.6 is 0 Å². The number of pyridine rings is 1. The Morgan fingerprint density at radius 1 is 1.33 bits per heavy atom. The summed E-state index contributed by atoms with van der Waals surface area (Å²) in [7, 11) is 0. The summed E-state index contributed by atoms with van der Waals surface area (Å²) >= 11 is 0. The van der Waals surface area contributed by atoms with Crippen molar-refractivity contribution in [2.75, 3.05) is 5.73 Å². The molecule has 0 bridgehead atoms. The molecule has 1 aromatic carbocycles. The summed E-state index contributed by atoms with van der Waals surface area (Å²) < 4.78 is 18.3. The first-order valence-electron chi connectivity index (χ1n) is 4.89. The summed E-state index contributed by atoms with van der Waals surface area (Å²) in [6, 6.07) is 5.81. The Kier molecular flexibility index (Phi) is 3.05. The number of anilines is 1. The molecule has 0 aliphatic heterocycles. The molecule has 1 aromatic heterocycles. The molecule has 0 saturated carbocycles. The smallest absolute Gasteiger partial charge is 0.311 e. The number of hydrogen-bond donors (Lipinski definition) is 1. The maximum Gasteiger partial charge on any atom is 0.311 e. The van der Waals surface area contributed by atoms with Crippen LogP contribution < -0.4 is 10.5 Å². The average Bonchev–Trinajstić information content (AvgIpc) is 2.28. The summed E-state index contributed by atoms with van der Waals surface area (Å²) in [5.41, 5.74) is 5.11. The fraction of sp³-hybridized carbons (Fsp3) is 0. The zero-order chi connectivity index (χ0) is 13.1. The monoisotopic (exact) mass is 249 g/mol. The zero-order valence-electron chi connectivity index (χ0n) is 9.04. The molecule has 1 heterocycles. The SMILES string of the molecule is Nc1cc(Oc2cc(F)ccc2[N+](=O)[O-])ccn1. The minimum Gasteiger partial charge on any atom is -0.450 e. The molecular weight excluding hydrogens is 241 g/mol. The Morgan fingerprint density at radius 2 is 2.11 bits per heavy atom. The Hall–Kier alpha value is -2.70. The van der Waals surface area contributed by atoms with Gasteiger partial charge in [0.05, 0.1) is 4.92 Å². The number of aromatic nitrogens is 1. The highest BCUT2D eigenvalue weighted by Crippen LogP contribution is 2.31. The van der Waals surface area contributed by atoms with Crippen molar-refractivity contribution >= 4 is 11.5 Å². The number of nitro groups is 1. The summed E-state index contributed by atoms with van der Waals surface area (Å²) in [6.07, 6.45) is 1.38. The van der Waals surface area contributed by atoms with Crippen LogP contribution in [0, 0.1) is 15.9 Å². The predicted molar refractivity (Wildman–Crippen MR) is 61.8 cm³/mol. The van der Waals surface area contributed by atoms with Crippen molar-refractivity contribution in [3.8, 4) is 11.5 Å². The fourth-order valence-corrected chi connectivity index (χ4v) is 1.34. The second-order valence-electron chi connectivity index (χ2n) is 3.39. The first kappa shape index (κ1) is 11.8. The molecule has 0 saturated heterocycles.